The number of guanidine groups is 1. The number of fused-ring (bicyclic) bond motifs is 1. The summed E-state index contributed by atoms with van der Waals surface area (Å²) >= 11 is 1.63. The van der Waals surface area contributed by atoms with Crippen molar-refractivity contribution < 1.29 is 37.2 Å². The molecule has 13 heteroatoms. The van der Waals surface area contributed by atoms with E-state index in [1.165, 1.54) is 0 Å². The maximum Gasteiger partial charge on any atom is 0.471 e. The van der Waals surface area contributed by atoms with E-state index in [0.717, 1.165) is 0 Å². The molecule has 3 amide bonds. The first-order valence-electron chi connectivity index (χ1n) is 9.06. The first kappa shape index (κ1) is 21.4. The Morgan fingerprint density at radius 2 is 1.93 bits per heavy atom. The van der Waals surface area contributed by atoms with Gasteiger partial charge in [0.15, 0.2) is 5.96 Å². The standard InChI is InChI=1S/C16H19F3N4O5S/c17-16(18,19)14(27)22-15-20-8-7-29-9(13(8)21-15)3-1-2-4-12(26)28-23-10(24)5-6-11(23)25/h8-9,13H,1-7H2,(H2,20,21,22,27)/t8-,9-,13-/m0/s1. The van der Waals surface area contributed by atoms with Crippen molar-refractivity contribution >= 4 is 41.4 Å². The number of nitrogens with one attached hydrogen (secondary N) is 2. The van der Waals surface area contributed by atoms with Crippen LogP contribution >= 0.6 is 11.8 Å². The number of nitrogens with zero attached hydrogens (tertiary/aromatic N) is 2. The van der Waals surface area contributed by atoms with Gasteiger partial charge in [-0.15, -0.1) is 5.06 Å². The Kier molecular flexibility index (Phi) is 6.34. The fraction of sp³-hybridized carbons (Fsp3) is 0.688. The molecule has 0 aliphatic carbocycles. The quantitative estimate of drug-likeness (QED) is 0.464. The molecule has 0 aromatic carbocycles. The Labute approximate surface area is 167 Å². The van der Waals surface area contributed by atoms with E-state index in [4.69, 9.17) is 4.84 Å². The lowest BCUT2D eigenvalue weighted by molar-refractivity contribution is -0.197. The highest BCUT2D eigenvalue weighted by Crippen LogP contribution is 2.35. The Morgan fingerprint density at radius 1 is 1.24 bits per heavy atom. The molecule has 3 heterocycles. The molecule has 2 fully saturated rings. The Morgan fingerprint density at radius 3 is 2.59 bits per heavy atom. The molecule has 0 spiro atoms. The van der Waals surface area contributed by atoms with Crippen LogP contribution in [0.25, 0.3) is 0 Å². The molecule has 3 aliphatic heterocycles. The van der Waals surface area contributed by atoms with Gasteiger partial charge in [-0.2, -0.15) is 24.9 Å². The van der Waals surface area contributed by atoms with Crippen LogP contribution in [0.4, 0.5) is 13.2 Å². The molecule has 29 heavy (non-hydrogen) atoms. The van der Waals surface area contributed by atoms with Gasteiger partial charge >= 0.3 is 18.1 Å². The number of thioether (sulfide) groups is 1. The van der Waals surface area contributed by atoms with Crippen molar-refractivity contribution in [2.75, 3.05) is 5.75 Å². The zero-order chi connectivity index (χ0) is 21.2. The molecule has 160 valence electrons. The van der Waals surface area contributed by atoms with Crippen LogP contribution in [0.15, 0.2) is 4.99 Å². The van der Waals surface area contributed by atoms with Crippen molar-refractivity contribution in [1.82, 2.24) is 15.7 Å². The van der Waals surface area contributed by atoms with Crippen molar-refractivity contribution in [3.8, 4) is 0 Å². The Balaban J connectivity index is 1.39. The maximum absolute atomic E-state index is 12.3. The van der Waals surface area contributed by atoms with Crippen LogP contribution in [0.2, 0.25) is 0 Å². The molecule has 2 N–H and O–H groups in total. The van der Waals surface area contributed by atoms with E-state index >= 15 is 0 Å². The van der Waals surface area contributed by atoms with Crippen molar-refractivity contribution in [1.29, 1.82) is 0 Å². The van der Waals surface area contributed by atoms with Gasteiger partial charge in [0, 0.05) is 30.3 Å². The number of hydrogen-bond donors (Lipinski definition) is 2. The predicted molar refractivity (Wildman–Crippen MR) is 94.2 cm³/mol. The number of imide groups is 1. The number of amides is 3. The fourth-order valence-electron chi connectivity index (χ4n) is 3.27. The molecule has 3 rings (SSSR count). The number of aliphatic imine (C=N–C) groups is 1. The van der Waals surface area contributed by atoms with Crippen LogP contribution in [0.3, 0.4) is 0 Å². The van der Waals surface area contributed by atoms with Crippen LogP contribution in [0, 0.1) is 0 Å². The minimum absolute atomic E-state index is 0.0353. The topological polar surface area (TPSA) is 117 Å². The summed E-state index contributed by atoms with van der Waals surface area (Å²) in [6.07, 6.45) is -3.09. The summed E-state index contributed by atoms with van der Waals surface area (Å²) in [6, 6.07) is -0.402. The van der Waals surface area contributed by atoms with Gasteiger partial charge in [-0.25, -0.2) is 9.79 Å². The zero-order valence-electron chi connectivity index (χ0n) is 15.2. The molecule has 2 saturated heterocycles. The van der Waals surface area contributed by atoms with Crippen LogP contribution in [0.5, 0.6) is 0 Å². The van der Waals surface area contributed by atoms with Crippen molar-refractivity contribution in [2.24, 2.45) is 4.99 Å². The smallest absolute Gasteiger partial charge is 0.350 e. The van der Waals surface area contributed by atoms with Crippen molar-refractivity contribution in [3.05, 3.63) is 0 Å². The zero-order valence-corrected chi connectivity index (χ0v) is 16.0. The van der Waals surface area contributed by atoms with Gasteiger partial charge in [0.2, 0.25) is 0 Å². The molecule has 0 radical (unpaired) electrons. The van der Waals surface area contributed by atoms with Crippen LogP contribution in [0.1, 0.15) is 38.5 Å². The maximum atomic E-state index is 12.3. The van der Waals surface area contributed by atoms with Gasteiger partial charge < -0.3 is 10.2 Å². The Bertz CT molecular complexity index is 729. The minimum Gasteiger partial charge on any atom is -0.350 e. The van der Waals surface area contributed by atoms with Gasteiger partial charge in [-0.3, -0.25) is 19.7 Å². The van der Waals surface area contributed by atoms with Crippen molar-refractivity contribution in [2.45, 2.75) is 62.0 Å². The Hall–Kier alpha value is -2.31. The molecule has 9 nitrogen and oxygen atoms in total. The summed E-state index contributed by atoms with van der Waals surface area (Å²) in [5.74, 6) is -3.32. The number of hydroxylamine groups is 2. The van der Waals surface area contributed by atoms with E-state index in [1.54, 1.807) is 17.1 Å². The molecular formula is C16H19F3N4O5S. The number of carbonyl (C=O) groups excluding carboxylic acids is 4. The number of carbonyl (C=O) groups is 4. The van der Waals surface area contributed by atoms with Gasteiger partial charge in [-0.05, 0) is 12.8 Å². The summed E-state index contributed by atoms with van der Waals surface area (Å²) in [5, 5.41) is 5.09. The summed E-state index contributed by atoms with van der Waals surface area (Å²) in [6.45, 7) is 0. The number of halogens is 3. The third-order valence-electron chi connectivity index (χ3n) is 4.69. The summed E-state index contributed by atoms with van der Waals surface area (Å²) < 4.78 is 37.0. The molecule has 0 saturated carbocycles. The highest BCUT2D eigenvalue weighted by atomic mass is 32.2. The second-order valence-electron chi connectivity index (χ2n) is 6.83. The van der Waals surface area contributed by atoms with E-state index in [1.807, 2.05) is 0 Å². The highest BCUT2D eigenvalue weighted by molar-refractivity contribution is 8.00. The van der Waals surface area contributed by atoms with E-state index < -0.39 is 29.9 Å². The summed E-state index contributed by atoms with van der Waals surface area (Å²) in [4.78, 5) is 54.5. The number of unbranched alkanes of at least 4 members (excludes halogenated alkanes) is 1. The number of alkyl halides is 3. The van der Waals surface area contributed by atoms with Crippen molar-refractivity contribution in [3.63, 3.8) is 0 Å². The largest absolute Gasteiger partial charge is 0.471 e. The SMILES string of the molecule is O=C(CCCC[C@@H]1SC[C@@H]2NC(NC(=O)C(F)(F)F)=N[C@@H]21)ON1C(=O)CCC1=O. The number of rotatable bonds is 6. The third kappa shape index (κ3) is 5.19. The first-order valence-corrected chi connectivity index (χ1v) is 10.1. The lowest BCUT2D eigenvalue weighted by Gasteiger charge is -2.15. The number of hydrogen-bond acceptors (Lipinski definition) is 8. The molecule has 0 aromatic heterocycles. The summed E-state index contributed by atoms with van der Waals surface area (Å²) in [5.41, 5.74) is 0. The van der Waals surface area contributed by atoms with Gasteiger partial charge in [-0.1, -0.05) is 6.42 Å². The molecular weight excluding hydrogens is 417 g/mol. The van der Waals surface area contributed by atoms with E-state index in [9.17, 15) is 32.3 Å². The van der Waals surface area contributed by atoms with Gasteiger partial charge in [0.1, 0.15) is 0 Å². The van der Waals surface area contributed by atoms with E-state index in [2.05, 4.69) is 10.3 Å². The molecule has 3 atom stereocenters. The summed E-state index contributed by atoms with van der Waals surface area (Å²) in [7, 11) is 0. The predicted octanol–water partition coefficient (Wildman–Crippen LogP) is 0.644. The molecule has 3 aliphatic rings. The lowest BCUT2D eigenvalue weighted by Crippen LogP contribution is -2.47. The molecule has 0 unspecified atom stereocenters. The minimum atomic E-state index is -4.98. The molecule has 0 aromatic rings. The monoisotopic (exact) mass is 436 g/mol. The normalized spacial score (nSPS) is 26.2. The van der Waals surface area contributed by atoms with Gasteiger partial charge in [0.05, 0.1) is 12.1 Å². The molecule has 0 bridgehead atoms. The second kappa shape index (κ2) is 8.59. The third-order valence-corrected chi connectivity index (χ3v) is 6.19. The van der Waals surface area contributed by atoms with Crippen LogP contribution in [-0.4, -0.2) is 64.0 Å². The highest BCUT2D eigenvalue weighted by Gasteiger charge is 2.44. The van der Waals surface area contributed by atoms with Crippen LogP contribution < -0.4 is 10.6 Å². The first-order chi connectivity index (χ1) is 13.6. The average Bonchev–Trinajstić information content (AvgIpc) is 3.29. The average molecular weight is 436 g/mol. The lowest BCUT2D eigenvalue weighted by atomic mass is 10.0. The van der Waals surface area contributed by atoms with Gasteiger partial charge in [0.25, 0.3) is 11.8 Å². The van der Waals surface area contributed by atoms with E-state index in [-0.39, 0.29) is 42.6 Å². The second-order valence-corrected chi connectivity index (χ2v) is 8.11. The fourth-order valence-corrected chi connectivity index (χ4v) is 4.78. The van der Waals surface area contributed by atoms with E-state index in [0.29, 0.717) is 30.1 Å². The van der Waals surface area contributed by atoms with Crippen LogP contribution in [-0.2, 0) is 24.0 Å².